The van der Waals surface area contributed by atoms with Crippen LogP contribution < -0.4 is 9.62 Å². The first kappa shape index (κ1) is 37.5. The summed E-state index contributed by atoms with van der Waals surface area (Å²) in [4.78, 5) is 10.7. The fraction of sp³-hybridized carbons (Fsp3) is 0.333. The number of aliphatic hydroxyl groups is 3. The molecule has 262 valence electrons. The average Bonchev–Trinajstić information content (AvgIpc) is 3.11. The lowest BCUT2D eigenvalue weighted by Gasteiger charge is -2.22. The van der Waals surface area contributed by atoms with E-state index in [1.807, 2.05) is 24.3 Å². The number of alkyl halides is 3. The molecular weight excluding hydrogens is 637 g/mol. The molecule has 0 bridgehead atoms. The largest absolute Gasteiger partial charge is 0.467 e. The van der Waals surface area contributed by atoms with Crippen LogP contribution in [-0.2, 0) is 9.62 Å². The molecule has 3 aromatic carbocycles. The minimum atomic E-state index is -4.07. The van der Waals surface area contributed by atoms with Crippen molar-refractivity contribution in [2.75, 3.05) is 20.0 Å². The zero-order valence-electron chi connectivity index (χ0n) is 27.4. The van der Waals surface area contributed by atoms with Gasteiger partial charge in [-0.15, -0.1) is 0 Å². The topological polar surface area (TPSA) is 97.6 Å². The number of rotatable bonds is 18. The van der Waals surface area contributed by atoms with Crippen LogP contribution in [-0.4, -0.2) is 47.8 Å². The summed E-state index contributed by atoms with van der Waals surface area (Å²) in [6, 6.07) is 21.4. The molecule has 4 rings (SSSR count). The smallest absolute Gasteiger partial charge is 0.389 e. The van der Waals surface area contributed by atoms with Crippen molar-refractivity contribution < 1.29 is 47.7 Å². The molecule has 0 spiro atoms. The lowest BCUT2D eigenvalue weighted by Crippen LogP contribution is -2.19. The number of allylic oxidation sites excluding steroid dienone is 2. The molecule has 0 aromatic heterocycles. The Hall–Kier alpha value is -4.35. The summed E-state index contributed by atoms with van der Waals surface area (Å²) in [6.45, 7) is 9.74. The van der Waals surface area contributed by atoms with E-state index in [2.05, 4.69) is 50.1 Å². The lowest BCUT2D eigenvalue weighted by atomic mass is 9.83. The van der Waals surface area contributed by atoms with E-state index in [0.29, 0.717) is 18.1 Å². The van der Waals surface area contributed by atoms with Gasteiger partial charge in [-0.25, -0.2) is 0 Å². The van der Waals surface area contributed by atoms with Crippen molar-refractivity contribution in [3.05, 3.63) is 115 Å². The Balaban J connectivity index is 1.41. The van der Waals surface area contributed by atoms with Gasteiger partial charge in [-0.05, 0) is 77.1 Å². The quantitative estimate of drug-likeness (QED) is 0.0235. The maximum Gasteiger partial charge on any atom is 0.389 e. The van der Waals surface area contributed by atoms with E-state index < -0.39 is 25.5 Å². The summed E-state index contributed by atoms with van der Waals surface area (Å²) >= 11 is 0. The van der Waals surface area contributed by atoms with Crippen molar-refractivity contribution in [2.24, 2.45) is 5.92 Å². The molecule has 0 saturated carbocycles. The molecule has 0 heterocycles. The molecule has 2 atom stereocenters. The summed E-state index contributed by atoms with van der Waals surface area (Å²) in [6.07, 6.45) is 0.547. The Morgan fingerprint density at radius 3 is 2.00 bits per heavy atom. The van der Waals surface area contributed by atoms with Gasteiger partial charge in [-0.2, -0.15) is 13.2 Å². The molecule has 0 fully saturated rings. The molecule has 3 N–H and O–H groups in total. The van der Waals surface area contributed by atoms with Crippen LogP contribution in [0.3, 0.4) is 0 Å². The minimum absolute atomic E-state index is 0.0574. The van der Waals surface area contributed by atoms with E-state index in [1.165, 1.54) is 5.57 Å². The third kappa shape index (κ3) is 11.6. The summed E-state index contributed by atoms with van der Waals surface area (Å²) in [5, 5.41) is 28.3. The highest BCUT2D eigenvalue weighted by Crippen LogP contribution is 2.35. The Labute approximate surface area is 285 Å². The van der Waals surface area contributed by atoms with E-state index in [1.54, 1.807) is 18.2 Å². The van der Waals surface area contributed by atoms with Crippen molar-refractivity contribution in [3.8, 4) is 33.8 Å². The van der Waals surface area contributed by atoms with Crippen molar-refractivity contribution in [2.45, 2.75) is 57.4 Å². The molecule has 49 heavy (non-hydrogen) atoms. The molecule has 0 aliphatic heterocycles. The van der Waals surface area contributed by atoms with Crippen molar-refractivity contribution >= 4 is 5.57 Å². The van der Waals surface area contributed by atoms with Crippen molar-refractivity contribution in [3.63, 3.8) is 0 Å². The molecular formula is C39H43F3O7. The third-order valence-corrected chi connectivity index (χ3v) is 8.36. The van der Waals surface area contributed by atoms with Crippen LogP contribution in [0.4, 0.5) is 13.2 Å². The van der Waals surface area contributed by atoms with Gasteiger partial charge < -0.3 is 24.8 Å². The van der Waals surface area contributed by atoms with Crippen LogP contribution in [0.2, 0.25) is 0 Å². The van der Waals surface area contributed by atoms with Crippen molar-refractivity contribution in [1.29, 1.82) is 0 Å². The second-order valence-corrected chi connectivity index (χ2v) is 12.0. The Morgan fingerprint density at radius 1 is 0.816 bits per heavy atom. The van der Waals surface area contributed by atoms with E-state index in [4.69, 9.17) is 24.4 Å². The summed E-state index contributed by atoms with van der Waals surface area (Å²) in [5.41, 5.74) is 6.42. The summed E-state index contributed by atoms with van der Waals surface area (Å²) < 4.78 is 48.1. The zero-order chi connectivity index (χ0) is 35.4. The van der Waals surface area contributed by atoms with Crippen LogP contribution in [0.1, 0.15) is 50.5 Å². The fourth-order valence-corrected chi connectivity index (χ4v) is 5.38. The van der Waals surface area contributed by atoms with Gasteiger partial charge in [0, 0.05) is 23.6 Å². The number of halogens is 3. The SMILES string of the molecule is C=C(CO)C(=C)OOc1cc(OCOC(O)C(=C)CO)cc(-c2ccc(-c3ccc(C4=CCC(CCCCC(F)(F)F)CC4)cc3)cc2)c1. The molecule has 0 amide bonds. The predicted molar refractivity (Wildman–Crippen MR) is 183 cm³/mol. The van der Waals surface area contributed by atoms with Crippen LogP contribution in [0.15, 0.2) is 109 Å². The average molecular weight is 681 g/mol. The highest BCUT2D eigenvalue weighted by atomic mass is 19.4. The third-order valence-electron chi connectivity index (χ3n) is 8.36. The number of hydrogen-bond acceptors (Lipinski definition) is 7. The van der Waals surface area contributed by atoms with Gasteiger partial charge in [0.25, 0.3) is 0 Å². The van der Waals surface area contributed by atoms with Gasteiger partial charge in [0.2, 0.25) is 0 Å². The lowest BCUT2D eigenvalue weighted by molar-refractivity contribution is -0.163. The number of benzene rings is 3. The summed E-state index contributed by atoms with van der Waals surface area (Å²) in [7, 11) is 0. The molecule has 2 unspecified atom stereocenters. The summed E-state index contributed by atoms with van der Waals surface area (Å²) in [5.74, 6) is 1.11. The Morgan fingerprint density at radius 2 is 1.43 bits per heavy atom. The van der Waals surface area contributed by atoms with Crippen LogP contribution >= 0.6 is 0 Å². The van der Waals surface area contributed by atoms with Gasteiger partial charge in [0.15, 0.2) is 24.6 Å². The first-order valence-corrected chi connectivity index (χ1v) is 16.1. The molecule has 1 aliphatic rings. The second-order valence-electron chi connectivity index (χ2n) is 12.0. The van der Waals surface area contributed by atoms with E-state index >= 15 is 0 Å². The van der Waals surface area contributed by atoms with E-state index in [-0.39, 0.29) is 42.5 Å². The molecule has 1 aliphatic carbocycles. The normalized spacial score (nSPS) is 15.2. The Bertz CT molecular complexity index is 1590. The second kappa shape index (κ2) is 17.9. The maximum absolute atomic E-state index is 12.4. The van der Waals surface area contributed by atoms with Crippen LogP contribution in [0.25, 0.3) is 27.8 Å². The highest BCUT2D eigenvalue weighted by Gasteiger charge is 2.26. The monoisotopic (exact) mass is 680 g/mol. The number of hydrogen-bond donors (Lipinski definition) is 3. The van der Waals surface area contributed by atoms with Crippen molar-refractivity contribution in [1.82, 2.24) is 0 Å². The fourth-order valence-electron chi connectivity index (χ4n) is 5.38. The minimum Gasteiger partial charge on any atom is -0.467 e. The molecule has 10 heteroatoms. The molecule has 0 radical (unpaired) electrons. The van der Waals surface area contributed by atoms with Gasteiger partial charge >= 0.3 is 6.18 Å². The molecule has 7 nitrogen and oxygen atoms in total. The van der Waals surface area contributed by atoms with Gasteiger partial charge in [-0.3, -0.25) is 9.78 Å². The zero-order valence-corrected chi connectivity index (χ0v) is 27.4. The first-order valence-electron chi connectivity index (χ1n) is 16.1. The van der Waals surface area contributed by atoms with E-state index in [0.717, 1.165) is 53.5 Å². The predicted octanol–water partition coefficient (Wildman–Crippen LogP) is 8.92. The first-order chi connectivity index (χ1) is 23.5. The molecule has 0 saturated heterocycles. The van der Waals surface area contributed by atoms with Crippen LogP contribution in [0.5, 0.6) is 11.5 Å². The maximum atomic E-state index is 12.4. The van der Waals surface area contributed by atoms with Crippen LogP contribution in [0, 0.1) is 5.92 Å². The standard InChI is InChI=1S/C39H43F3O7/c1-26(23-43)28(3)48-49-37-21-35(20-36(22-37)46-25-47-38(45)27(2)24-44)34-17-15-33(16-18-34)32-13-11-31(12-14-32)30-9-7-29(8-10-30)6-4-5-19-39(40,41)42/h9,11-18,20-22,29,38,43-45H,1-8,10,19,23-25H2. The van der Waals surface area contributed by atoms with Gasteiger partial charge in [0.1, 0.15) is 5.75 Å². The number of unbranched alkanes of at least 4 members (excludes halogenated alkanes) is 1. The van der Waals surface area contributed by atoms with E-state index in [9.17, 15) is 23.4 Å². The molecule has 3 aromatic rings. The number of aliphatic hydroxyl groups excluding tert-OH is 3. The Kier molecular flexibility index (Phi) is 13.7. The highest BCUT2D eigenvalue weighted by molar-refractivity contribution is 5.74. The number of ether oxygens (including phenoxy) is 2. The van der Waals surface area contributed by atoms with Gasteiger partial charge in [-0.1, -0.05) is 87.2 Å². The van der Waals surface area contributed by atoms with Gasteiger partial charge in [0.05, 0.1) is 13.2 Å².